The molecule has 0 bridgehead atoms. The lowest BCUT2D eigenvalue weighted by Gasteiger charge is -2.31. The smallest absolute Gasteiger partial charge is 0.236 e. The normalized spacial score (nSPS) is 18.5. The highest BCUT2D eigenvalue weighted by Crippen LogP contribution is 2.17. The Bertz CT molecular complexity index is 369. The number of hydrogen-bond acceptors (Lipinski definition) is 5. The Balaban J connectivity index is 1.93. The molecule has 0 saturated carbocycles. The van der Waals surface area contributed by atoms with Crippen molar-refractivity contribution in [1.29, 1.82) is 0 Å². The summed E-state index contributed by atoms with van der Waals surface area (Å²) in [6.07, 6.45) is 0. The van der Waals surface area contributed by atoms with Gasteiger partial charge in [-0.25, -0.2) is 0 Å². The van der Waals surface area contributed by atoms with Gasteiger partial charge in [0.1, 0.15) is 5.01 Å². The molecule has 5 nitrogen and oxygen atoms in total. The zero-order valence-electron chi connectivity index (χ0n) is 8.31. The molecule has 2 heterocycles. The third kappa shape index (κ3) is 2.64. The van der Waals surface area contributed by atoms with E-state index in [1.807, 2.05) is 7.05 Å². The van der Waals surface area contributed by atoms with E-state index in [0.717, 1.165) is 18.1 Å². The van der Waals surface area contributed by atoms with Crippen LogP contribution in [0.2, 0.25) is 4.47 Å². The Hall–Kier alpha value is -0.720. The average molecular weight is 247 g/mol. The molecule has 0 spiro atoms. The summed E-state index contributed by atoms with van der Waals surface area (Å²) in [6.45, 7) is 2.75. The Labute approximate surface area is 96.6 Å². The van der Waals surface area contributed by atoms with E-state index >= 15 is 0 Å². The fourth-order valence-corrected chi connectivity index (χ4v) is 2.34. The van der Waals surface area contributed by atoms with Gasteiger partial charge in [-0.05, 0) is 11.6 Å². The van der Waals surface area contributed by atoms with Gasteiger partial charge in [-0.3, -0.25) is 9.69 Å². The number of halogens is 1. The molecule has 1 saturated heterocycles. The summed E-state index contributed by atoms with van der Waals surface area (Å²) in [5.74, 6) is 0.150. The van der Waals surface area contributed by atoms with Crippen molar-refractivity contribution in [3.8, 4) is 0 Å². The highest BCUT2D eigenvalue weighted by molar-refractivity contribution is 7.15. The van der Waals surface area contributed by atoms with Crippen LogP contribution in [0.15, 0.2) is 0 Å². The summed E-state index contributed by atoms with van der Waals surface area (Å²) >= 11 is 7.04. The molecule has 0 atom stereocenters. The molecule has 0 aliphatic carbocycles. The minimum Gasteiger partial charge on any atom is -0.343 e. The number of rotatable bonds is 2. The predicted octanol–water partition coefficient (Wildman–Crippen LogP) is 0.466. The summed E-state index contributed by atoms with van der Waals surface area (Å²) in [6, 6.07) is 0. The minimum atomic E-state index is 0.150. The number of carbonyl (C=O) groups excluding carboxylic acids is 1. The SMILES string of the molecule is CN1CCN(Cc2nnc(Cl)s2)CC1=O. The van der Waals surface area contributed by atoms with E-state index in [4.69, 9.17) is 11.6 Å². The van der Waals surface area contributed by atoms with Crippen LogP contribution in [0.1, 0.15) is 5.01 Å². The van der Waals surface area contributed by atoms with Gasteiger partial charge in [0.05, 0.1) is 13.1 Å². The topological polar surface area (TPSA) is 49.3 Å². The van der Waals surface area contributed by atoms with Gasteiger partial charge in [-0.2, -0.15) is 0 Å². The van der Waals surface area contributed by atoms with Crippen LogP contribution in [-0.4, -0.2) is 52.6 Å². The maximum absolute atomic E-state index is 11.4. The molecule has 1 aliphatic heterocycles. The quantitative estimate of drug-likeness (QED) is 0.761. The van der Waals surface area contributed by atoms with Gasteiger partial charge >= 0.3 is 0 Å². The Morgan fingerprint density at radius 2 is 2.27 bits per heavy atom. The molecule has 2 rings (SSSR count). The highest BCUT2D eigenvalue weighted by Gasteiger charge is 2.21. The fraction of sp³-hybridized carbons (Fsp3) is 0.625. The maximum Gasteiger partial charge on any atom is 0.236 e. The molecule has 0 N–H and O–H groups in total. The van der Waals surface area contributed by atoms with Crippen LogP contribution in [0.3, 0.4) is 0 Å². The molecule has 0 aromatic carbocycles. The van der Waals surface area contributed by atoms with Crippen molar-refractivity contribution in [2.45, 2.75) is 6.54 Å². The standard InChI is InChI=1S/C8H11ClN4OS/c1-12-2-3-13(5-7(12)14)4-6-10-11-8(9)15-6/h2-5H2,1H3. The minimum absolute atomic E-state index is 0.150. The summed E-state index contributed by atoms with van der Waals surface area (Å²) in [7, 11) is 1.82. The van der Waals surface area contributed by atoms with Crippen LogP contribution >= 0.6 is 22.9 Å². The van der Waals surface area contributed by atoms with Gasteiger partial charge in [0.2, 0.25) is 10.4 Å². The van der Waals surface area contributed by atoms with Crippen molar-refractivity contribution in [3.05, 3.63) is 9.47 Å². The van der Waals surface area contributed by atoms with Gasteiger partial charge in [-0.15, -0.1) is 10.2 Å². The predicted molar refractivity (Wildman–Crippen MR) is 57.8 cm³/mol. The third-order valence-corrected chi connectivity index (χ3v) is 3.34. The fourth-order valence-electron chi connectivity index (χ4n) is 1.43. The summed E-state index contributed by atoms with van der Waals surface area (Å²) < 4.78 is 0.449. The first-order valence-corrected chi connectivity index (χ1v) is 5.79. The molecule has 1 aliphatic rings. The molecule has 1 amide bonds. The molecule has 7 heteroatoms. The van der Waals surface area contributed by atoms with E-state index in [2.05, 4.69) is 15.1 Å². The number of carbonyl (C=O) groups is 1. The molecule has 1 aromatic heterocycles. The number of aromatic nitrogens is 2. The van der Waals surface area contributed by atoms with Crippen molar-refractivity contribution < 1.29 is 4.79 Å². The summed E-state index contributed by atoms with van der Waals surface area (Å²) in [4.78, 5) is 15.2. The van der Waals surface area contributed by atoms with Gasteiger partial charge in [0.25, 0.3) is 0 Å². The summed E-state index contributed by atoms with van der Waals surface area (Å²) in [5, 5.41) is 8.51. The zero-order valence-corrected chi connectivity index (χ0v) is 9.88. The van der Waals surface area contributed by atoms with E-state index in [9.17, 15) is 4.79 Å². The molecular formula is C8H11ClN4OS. The number of likely N-dealkylation sites (N-methyl/N-ethyl adjacent to an activating group) is 1. The van der Waals surface area contributed by atoms with Crippen molar-refractivity contribution in [2.75, 3.05) is 26.7 Å². The van der Waals surface area contributed by atoms with Crippen LogP contribution < -0.4 is 0 Å². The highest BCUT2D eigenvalue weighted by atomic mass is 35.5. The second-order valence-electron chi connectivity index (χ2n) is 3.47. The van der Waals surface area contributed by atoms with Crippen molar-refractivity contribution in [3.63, 3.8) is 0 Å². The Morgan fingerprint density at radius 3 is 2.87 bits per heavy atom. The Kier molecular flexibility index (Phi) is 3.18. The number of amides is 1. The first-order valence-electron chi connectivity index (χ1n) is 4.59. The molecular weight excluding hydrogens is 236 g/mol. The van der Waals surface area contributed by atoms with E-state index < -0.39 is 0 Å². The van der Waals surface area contributed by atoms with Crippen molar-refractivity contribution in [2.24, 2.45) is 0 Å². The molecule has 1 aromatic rings. The molecule has 15 heavy (non-hydrogen) atoms. The summed E-state index contributed by atoms with van der Waals surface area (Å²) in [5.41, 5.74) is 0. The second-order valence-corrected chi connectivity index (χ2v) is 5.12. The lowest BCUT2D eigenvalue weighted by molar-refractivity contribution is -0.134. The molecule has 1 fully saturated rings. The molecule has 82 valence electrons. The van der Waals surface area contributed by atoms with E-state index in [0.29, 0.717) is 17.6 Å². The average Bonchev–Trinajstić information content (AvgIpc) is 2.58. The van der Waals surface area contributed by atoms with Crippen LogP contribution in [0.25, 0.3) is 0 Å². The lowest BCUT2D eigenvalue weighted by Crippen LogP contribution is -2.47. The first kappa shape index (κ1) is 10.8. The lowest BCUT2D eigenvalue weighted by atomic mass is 10.3. The number of nitrogens with zero attached hydrogens (tertiary/aromatic N) is 4. The van der Waals surface area contributed by atoms with Gasteiger partial charge in [-0.1, -0.05) is 11.3 Å². The van der Waals surface area contributed by atoms with E-state index in [-0.39, 0.29) is 5.91 Å². The largest absolute Gasteiger partial charge is 0.343 e. The third-order valence-electron chi connectivity index (χ3n) is 2.34. The first-order chi connectivity index (χ1) is 7.15. The van der Waals surface area contributed by atoms with E-state index in [1.165, 1.54) is 11.3 Å². The van der Waals surface area contributed by atoms with E-state index in [1.54, 1.807) is 4.90 Å². The van der Waals surface area contributed by atoms with Crippen LogP contribution in [-0.2, 0) is 11.3 Å². The molecule has 0 radical (unpaired) electrons. The monoisotopic (exact) mass is 246 g/mol. The van der Waals surface area contributed by atoms with Crippen molar-refractivity contribution in [1.82, 2.24) is 20.0 Å². The zero-order chi connectivity index (χ0) is 10.8. The van der Waals surface area contributed by atoms with Crippen molar-refractivity contribution >= 4 is 28.8 Å². The second kappa shape index (κ2) is 4.42. The molecule has 0 unspecified atom stereocenters. The van der Waals surface area contributed by atoms with Gasteiger partial charge in [0.15, 0.2) is 0 Å². The number of piperazine rings is 1. The van der Waals surface area contributed by atoms with Gasteiger partial charge < -0.3 is 4.90 Å². The van der Waals surface area contributed by atoms with Crippen LogP contribution in [0.4, 0.5) is 0 Å². The van der Waals surface area contributed by atoms with Gasteiger partial charge in [0, 0.05) is 20.1 Å². The number of hydrogen-bond donors (Lipinski definition) is 0. The Morgan fingerprint density at radius 1 is 1.47 bits per heavy atom. The maximum atomic E-state index is 11.4. The van der Waals surface area contributed by atoms with Crippen LogP contribution in [0, 0.1) is 0 Å². The van der Waals surface area contributed by atoms with Crippen LogP contribution in [0.5, 0.6) is 0 Å².